The summed E-state index contributed by atoms with van der Waals surface area (Å²) in [7, 11) is 0. The van der Waals surface area contributed by atoms with E-state index in [1.54, 1.807) is 5.57 Å². The molecule has 0 bridgehead atoms. The molecule has 0 spiro atoms. The van der Waals surface area contributed by atoms with E-state index in [-0.39, 0.29) is 5.91 Å². The fraction of sp³-hybridized carbons (Fsp3) is 0.550. The SMILES string of the molecule is O=C(CCNCCC1=CCCCC1)N1CCc2ccccc2C1. The lowest BCUT2D eigenvalue weighted by atomic mass is 9.97. The first-order chi connectivity index (χ1) is 11.3. The third kappa shape index (κ3) is 4.68. The molecule has 0 aromatic heterocycles. The van der Waals surface area contributed by atoms with E-state index >= 15 is 0 Å². The van der Waals surface area contributed by atoms with E-state index in [1.807, 2.05) is 4.90 Å². The Kier molecular flexibility index (Phi) is 5.87. The summed E-state index contributed by atoms with van der Waals surface area (Å²) >= 11 is 0. The Morgan fingerprint density at radius 1 is 1.09 bits per heavy atom. The van der Waals surface area contributed by atoms with Crippen molar-refractivity contribution < 1.29 is 4.79 Å². The second kappa shape index (κ2) is 8.30. The zero-order valence-corrected chi connectivity index (χ0v) is 14.0. The van der Waals surface area contributed by atoms with Crippen LogP contribution in [0.1, 0.15) is 49.7 Å². The average molecular weight is 312 g/mol. The largest absolute Gasteiger partial charge is 0.338 e. The predicted molar refractivity (Wildman–Crippen MR) is 94.2 cm³/mol. The molecule has 1 N–H and O–H groups in total. The standard InChI is InChI=1S/C20H28N2O/c23-20(11-14-21-13-10-17-6-2-1-3-7-17)22-15-12-18-8-4-5-9-19(18)16-22/h4-6,8-9,21H,1-3,7,10-16H2. The lowest BCUT2D eigenvalue weighted by Crippen LogP contribution is -2.37. The highest BCUT2D eigenvalue weighted by molar-refractivity contribution is 5.76. The quantitative estimate of drug-likeness (QED) is 0.644. The van der Waals surface area contributed by atoms with Gasteiger partial charge < -0.3 is 10.2 Å². The van der Waals surface area contributed by atoms with E-state index in [2.05, 4.69) is 35.7 Å². The number of nitrogens with one attached hydrogen (secondary N) is 1. The lowest BCUT2D eigenvalue weighted by Gasteiger charge is -2.29. The molecule has 1 aliphatic heterocycles. The van der Waals surface area contributed by atoms with Gasteiger partial charge in [-0.1, -0.05) is 35.9 Å². The second-order valence-electron chi connectivity index (χ2n) is 6.69. The minimum absolute atomic E-state index is 0.281. The van der Waals surface area contributed by atoms with Crippen molar-refractivity contribution in [3.63, 3.8) is 0 Å². The number of amides is 1. The normalized spacial score (nSPS) is 17.6. The zero-order chi connectivity index (χ0) is 15.9. The molecule has 0 saturated carbocycles. The van der Waals surface area contributed by atoms with Crippen molar-refractivity contribution in [1.29, 1.82) is 0 Å². The molecule has 0 radical (unpaired) electrons. The van der Waals surface area contributed by atoms with E-state index in [1.165, 1.54) is 36.8 Å². The molecule has 0 saturated heterocycles. The summed E-state index contributed by atoms with van der Waals surface area (Å²) in [5.41, 5.74) is 4.31. The van der Waals surface area contributed by atoms with Gasteiger partial charge in [0.25, 0.3) is 0 Å². The molecule has 3 heteroatoms. The maximum absolute atomic E-state index is 12.3. The Hall–Kier alpha value is -1.61. The topological polar surface area (TPSA) is 32.3 Å². The Morgan fingerprint density at radius 2 is 1.96 bits per heavy atom. The summed E-state index contributed by atoms with van der Waals surface area (Å²) in [6.45, 7) is 3.44. The predicted octanol–water partition coefficient (Wildman–Crippen LogP) is 3.44. The van der Waals surface area contributed by atoms with Crippen LogP contribution in [0.15, 0.2) is 35.9 Å². The highest BCUT2D eigenvalue weighted by atomic mass is 16.2. The average Bonchev–Trinajstić information content (AvgIpc) is 2.61. The Bertz CT molecular complexity index is 565. The number of carbonyl (C=O) groups excluding carboxylic acids is 1. The molecule has 1 amide bonds. The maximum atomic E-state index is 12.3. The molecule has 0 atom stereocenters. The van der Waals surface area contributed by atoms with Crippen LogP contribution in [-0.4, -0.2) is 30.4 Å². The molecular weight excluding hydrogens is 284 g/mol. The van der Waals surface area contributed by atoms with Gasteiger partial charge in [-0.05, 0) is 56.2 Å². The molecule has 3 rings (SSSR count). The van der Waals surface area contributed by atoms with Crippen molar-refractivity contribution in [3.05, 3.63) is 47.0 Å². The van der Waals surface area contributed by atoms with Crippen LogP contribution >= 0.6 is 0 Å². The van der Waals surface area contributed by atoms with Crippen LogP contribution < -0.4 is 5.32 Å². The summed E-state index contributed by atoms with van der Waals surface area (Å²) in [5, 5.41) is 3.43. The first-order valence-corrected chi connectivity index (χ1v) is 9.06. The number of rotatable bonds is 6. The van der Waals surface area contributed by atoms with Crippen LogP contribution in [0.3, 0.4) is 0 Å². The molecule has 124 valence electrons. The van der Waals surface area contributed by atoms with Gasteiger partial charge in [-0.15, -0.1) is 0 Å². The van der Waals surface area contributed by atoms with Gasteiger partial charge in [0.05, 0.1) is 0 Å². The molecule has 1 aromatic carbocycles. The number of benzene rings is 1. The van der Waals surface area contributed by atoms with Crippen molar-refractivity contribution in [2.45, 2.75) is 51.5 Å². The monoisotopic (exact) mass is 312 g/mol. The number of hydrogen-bond donors (Lipinski definition) is 1. The molecule has 2 aliphatic rings. The highest BCUT2D eigenvalue weighted by Gasteiger charge is 2.19. The summed E-state index contributed by atoms with van der Waals surface area (Å²) in [6.07, 6.45) is 10.4. The van der Waals surface area contributed by atoms with Crippen LogP contribution in [0.25, 0.3) is 0 Å². The van der Waals surface area contributed by atoms with Crippen molar-refractivity contribution in [1.82, 2.24) is 10.2 Å². The summed E-state index contributed by atoms with van der Waals surface area (Å²) < 4.78 is 0. The third-order valence-electron chi connectivity index (χ3n) is 5.01. The molecular formula is C20H28N2O. The van der Waals surface area contributed by atoms with Crippen molar-refractivity contribution in [2.75, 3.05) is 19.6 Å². The lowest BCUT2D eigenvalue weighted by molar-refractivity contribution is -0.132. The highest BCUT2D eigenvalue weighted by Crippen LogP contribution is 2.20. The zero-order valence-electron chi connectivity index (χ0n) is 14.0. The first kappa shape index (κ1) is 16.3. The number of fused-ring (bicyclic) bond motifs is 1. The number of nitrogens with zero attached hydrogens (tertiary/aromatic N) is 1. The van der Waals surface area contributed by atoms with Crippen molar-refractivity contribution in [3.8, 4) is 0 Å². The maximum Gasteiger partial charge on any atom is 0.224 e. The summed E-state index contributed by atoms with van der Waals surface area (Å²) in [6, 6.07) is 8.47. The fourth-order valence-electron chi connectivity index (χ4n) is 3.57. The van der Waals surface area contributed by atoms with E-state index < -0.39 is 0 Å². The number of hydrogen-bond acceptors (Lipinski definition) is 2. The van der Waals surface area contributed by atoms with E-state index in [4.69, 9.17) is 0 Å². The van der Waals surface area contributed by atoms with Gasteiger partial charge in [0.15, 0.2) is 0 Å². The van der Waals surface area contributed by atoms with Gasteiger partial charge in [0, 0.05) is 26.1 Å². The van der Waals surface area contributed by atoms with Gasteiger partial charge in [-0.25, -0.2) is 0 Å². The van der Waals surface area contributed by atoms with Gasteiger partial charge in [0.2, 0.25) is 5.91 Å². The fourth-order valence-corrected chi connectivity index (χ4v) is 3.57. The van der Waals surface area contributed by atoms with Gasteiger partial charge in [-0.2, -0.15) is 0 Å². The summed E-state index contributed by atoms with van der Waals surface area (Å²) in [5.74, 6) is 0.281. The second-order valence-corrected chi connectivity index (χ2v) is 6.69. The number of allylic oxidation sites excluding steroid dienone is 1. The third-order valence-corrected chi connectivity index (χ3v) is 5.01. The van der Waals surface area contributed by atoms with Crippen LogP contribution in [-0.2, 0) is 17.8 Å². The van der Waals surface area contributed by atoms with Crippen LogP contribution in [0.2, 0.25) is 0 Å². The van der Waals surface area contributed by atoms with Crippen LogP contribution in [0, 0.1) is 0 Å². The Balaban J connectivity index is 1.34. The molecule has 1 aromatic rings. The van der Waals surface area contributed by atoms with Gasteiger partial charge in [0.1, 0.15) is 0 Å². The Labute approximate surface area is 139 Å². The molecule has 1 aliphatic carbocycles. The van der Waals surface area contributed by atoms with Crippen LogP contribution in [0.5, 0.6) is 0 Å². The summed E-state index contributed by atoms with van der Waals surface area (Å²) in [4.78, 5) is 14.4. The molecule has 0 fully saturated rings. The molecule has 0 unspecified atom stereocenters. The first-order valence-electron chi connectivity index (χ1n) is 9.06. The van der Waals surface area contributed by atoms with E-state index in [9.17, 15) is 4.79 Å². The smallest absolute Gasteiger partial charge is 0.224 e. The van der Waals surface area contributed by atoms with Gasteiger partial charge >= 0.3 is 0 Å². The van der Waals surface area contributed by atoms with E-state index in [0.29, 0.717) is 6.42 Å². The van der Waals surface area contributed by atoms with Crippen LogP contribution in [0.4, 0.5) is 0 Å². The molecule has 3 nitrogen and oxygen atoms in total. The van der Waals surface area contributed by atoms with Crippen molar-refractivity contribution >= 4 is 5.91 Å². The minimum Gasteiger partial charge on any atom is -0.338 e. The van der Waals surface area contributed by atoms with E-state index in [0.717, 1.165) is 39.0 Å². The van der Waals surface area contributed by atoms with Gasteiger partial charge in [-0.3, -0.25) is 4.79 Å². The minimum atomic E-state index is 0.281. The molecule has 1 heterocycles. The number of carbonyl (C=O) groups is 1. The molecule has 23 heavy (non-hydrogen) atoms. The van der Waals surface area contributed by atoms with Crippen molar-refractivity contribution in [2.24, 2.45) is 0 Å². The Morgan fingerprint density at radius 3 is 2.78 bits per heavy atom.